The first kappa shape index (κ1) is 17.6. The van der Waals surface area contributed by atoms with Crippen LogP contribution in [0.5, 0.6) is 11.5 Å². The third-order valence-electron chi connectivity index (χ3n) is 5.34. The van der Waals surface area contributed by atoms with E-state index in [0.29, 0.717) is 36.8 Å². The second-order valence-corrected chi connectivity index (χ2v) is 7.29. The first-order valence-electron chi connectivity index (χ1n) is 9.83. The van der Waals surface area contributed by atoms with Gasteiger partial charge in [0.1, 0.15) is 13.2 Å². The third kappa shape index (κ3) is 3.96. The molecular formula is C20H28N2O4. The standard InChI is InChI=1S/C20H28N2O4/c23-20(17-6-4-7-18-19(17)26-13-12-25-18)22-10-5-11-24-16(15-22)14-21-8-2-1-3-9-21/h4,6-7,16H,1-3,5,8-15H2/t16-/m0/s1. The molecule has 0 aliphatic carbocycles. The second-order valence-electron chi connectivity index (χ2n) is 7.29. The van der Waals surface area contributed by atoms with Crippen molar-refractivity contribution >= 4 is 5.91 Å². The van der Waals surface area contributed by atoms with Crippen LogP contribution in [0.2, 0.25) is 0 Å². The molecule has 0 bridgehead atoms. The van der Waals surface area contributed by atoms with E-state index in [9.17, 15) is 4.79 Å². The first-order chi connectivity index (χ1) is 12.8. The molecule has 142 valence electrons. The maximum atomic E-state index is 13.2. The Balaban J connectivity index is 1.46. The molecule has 1 aromatic rings. The monoisotopic (exact) mass is 360 g/mol. The number of fused-ring (bicyclic) bond motifs is 1. The van der Waals surface area contributed by atoms with Crippen LogP contribution in [0, 0.1) is 0 Å². The number of para-hydroxylation sites is 1. The lowest BCUT2D eigenvalue weighted by molar-refractivity contribution is 0.0215. The summed E-state index contributed by atoms with van der Waals surface area (Å²) in [5.74, 6) is 1.26. The minimum atomic E-state index is 0.0153. The van der Waals surface area contributed by atoms with Crippen molar-refractivity contribution in [1.82, 2.24) is 9.80 Å². The fraction of sp³-hybridized carbons (Fsp3) is 0.650. The van der Waals surface area contributed by atoms with Crippen molar-refractivity contribution in [3.05, 3.63) is 23.8 Å². The number of hydrogen-bond donors (Lipinski definition) is 0. The summed E-state index contributed by atoms with van der Waals surface area (Å²) in [6.07, 6.45) is 4.81. The van der Waals surface area contributed by atoms with Gasteiger partial charge in [-0.2, -0.15) is 0 Å². The number of nitrogens with zero attached hydrogens (tertiary/aromatic N) is 2. The Hall–Kier alpha value is -1.79. The molecule has 3 aliphatic heterocycles. The predicted molar refractivity (Wildman–Crippen MR) is 98.0 cm³/mol. The molecule has 3 aliphatic rings. The minimum absolute atomic E-state index is 0.0153. The van der Waals surface area contributed by atoms with E-state index in [4.69, 9.17) is 14.2 Å². The summed E-state index contributed by atoms with van der Waals surface area (Å²) < 4.78 is 17.4. The summed E-state index contributed by atoms with van der Waals surface area (Å²) in [6, 6.07) is 5.55. The van der Waals surface area contributed by atoms with Crippen LogP contribution in [0.3, 0.4) is 0 Å². The number of piperidine rings is 1. The number of benzene rings is 1. The fourth-order valence-electron chi connectivity index (χ4n) is 4.03. The van der Waals surface area contributed by atoms with Gasteiger partial charge in [0.15, 0.2) is 11.5 Å². The van der Waals surface area contributed by atoms with Gasteiger partial charge in [-0.3, -0.25) is 4.79 Å². The topological polar surface area (TPSA) is 51.2 Å². The molecule has 6 heteroatoms. The molecule has 1 atom stereocenters. The van der Waals surface area contributed by atoms with Gasteiger partial charge in [0.2, 0.25) is 0 Å². The molecule has 26 heavy (non-hydrogen) atoms. The molecule has 0 radical (unpaired) electrons. The Morgan fingerprint density at radius 1 is 1.00 bits per heavy atom. The maximum Gasteiger partial charge on any atom is 0.257 e. The molecule has 3 heterocycles. The van der Waals surface area contributed by atoms with Gasteiger partial charge in [-0.1, -0.05) is 12.5 Å². The Morgan fingerprint density at radius 3 is 2.73 bits per heavy atom. The molecular weight excluding hydrogens is 332 g/mol. The molecule has 1 amide bonds. The van der Waals surface area contributed by atoms with E-state index in [1.54, 1.807) is 0 Å². The molecule has 0 aromatic heterocycles. The Labute approximate surface area is 155 Å². The lowest BCUT2D eigenvalue weighted by atomic mass is 10.1. The molecule has 6 nitrogen and oxygen atoms in total. The van der Waals surface area contributed by atoms with Gasteiger partial charge in [-0.25, -0.2) is 0 Å². The predicted octanol–water partition coefficient (Wildman–Crippen LogP) is 2.17. The number of amides is 1. The van der Waals surface area contributed by atoms with Crippen molar-refractivity contribution in [3.63, 3.8) is 0 Å². The lowest BCUT2D eigenvalue weighted by Gasteiger charge is -2.32. The molecule has 0 saturated carbocycles. The number of carbonyl (C=O) groups is 1. The van der Waals surface area contributed by atoms with Crippen molar-refractivity contribution in [2.24, 2.45) is 0 Å². The van der Waals surface area contributed by atoms with Crippen LogP contribution in [0.15, 0.2) is 18.2 Å². The summed E-state index contributed by atoms with van der Waals surface area (Å²) in [5.41, 5.74) is 0.598. The third-order valence-corrected chi connectivity index (χ3v) is 5.34. The van der Waals surface area contributed by atoms with E-state index < -0.39 is 0 Å². The van der Waals surface area contributed by atoms with Crippen LogP contribution in [-0.2, 0) is 4.74 Å². The van der Waals surface area contributed by atoms with Crippen molar-refractivity contribution < 1.29 is 19.0 Å². The summed E-state index contributed by atoms with van der Waals surface area (Å²) in [4.78, 5) is 17.6. The zero-order valence-electron chi connectivity index (χ0n) is 15.3. The highest BCUT2D eigenvalue weighted by atomic mass is 16.6. The number of likely N-dealkylation sites (tertiary alicyclic amines) is 1. The van der Waals surface area contributed by atoms with Crippen molar-refractivity contribution in [1.29, 1.82) is 0 Å². The van der Waals surface area contributed by atoms with Crippen LogP contribution in [0.4, 0.5) is 0 Å². The van der Waals surface area contributed by atoms with Crippen LogP contribution >= 0.6 is 0 Å². The summed E-state index contributed by atoms with van der Waals surface area (Å²) >= 11 is 0. The average Bonchev–Trinajstić information content (AvgIpc) is 2.93. The Kier molecular flexibility index (Phi) is 5.60. The van der Waals surface area contributed by atoms with Gasteiger partial charge in [-0.05, 0) is 44.5 Å². The van der Waals surface area contributed by atoms with Crippen molar-refractivity contribution in [2.45, 2.75) is 31.8 Å². The molecule has 1 aromatic carbocycles. The summed E-state index contributed by atoms with van der Waals surface area (Å²) in [6.45, 7) is 6.29. The van der Waals surface area contributed by atoms with E-state index in [-0.39, 0.29) is 12.0 Å². The molecule has 2 saturated heterocycles. The van der Waals surface area contributed by atoms with Crippen LogP contribution in [-0.4, -0.2) is 74.4 Å². The van der Waals surface area contributed by atoms with E-state index in [1.807, 2.05) is 23.1 Å². The van der Waals surface area contributed by atoms with Crippen LogP contribution in [0.1, 0.15) is 36.0 Å². The highest BCUT2D eigenvalue weighted by molar-refractivity contribution is 5.98. The Bertz CT molecular complexity index is 630. The first-order valence-corrected chi connectivity index (χ1v) is 9.83. The van der Waals surface area contributed by atoms with Crippen molar-refractivity contribution in [2.75, 3.05) is 52.5 Å². The smallest absolute Gasteiger partial charge is 0.257 e. The van der Waals surface area contributed by atoms with Crippen LogP contribution in [0.25, 0.3) is 0 Å². The zero-order chi connectivity index (χ0) is 17.8. The number of rotatable bonds is 3. The molecule has 4 rings (SSSR count). The van der Waals surface area contributed by atoms with Gasteiger partial charge in [-0.15, -0.1) is 0 Å². The molecule has 0 unspecified atom stereocenters. The fourth-order valence-corrected chi connectivity index (χ4v) is 4.03. The van der Waals surface area contributed by atoms with Gasteiger partial charge in [0.05, 0.1) is 11.7 Å². The number of hydrogen-bond acceptors (Lipinski definition) is 5. The van der Waals surface area contributed by atoms with E-state index in [0.717, 1.165) is 39.2 Å². The zero-order valence-corrected chi connectivity index (χ0v) is 15.3. The molecule has 2 fully saturated rings. The number of ether oxygens (including phenoxy) is 3. The van der Waals surface area contributed by atoms with Gasteiger partial charge >= 0.3 is 0 Å². The highest BCUT2D eigenvalue weighted by Crippen LogP contribution is 2.34. The van der Waals surface area contributed by atoms with E-state index >= 15 is 0 Å². The Morgan fingerprint density at radius 2 is 1.85 bits per heavy atom. The number of carbonyl (C=O) groups excluding carboxylic acids is 1. The van der Waals surface area contributed by atoms with Crippen LogP contribution < -0.4 is 9.47 Å². The van der Waals surface area contributed by atoms with Gasteiger partial charge in [0, 0.05) is 26.2 Å². The SMILES string of the molecule is O=C(c1cccc2c1OCCO2)N1CCCO[C@@H](CN2CCCCC2)C1. The van der Waals surface area contributed by atoms with Gasteiger partial charge < -0.3 is 24.0 Å². The molecule has 0 N–H and O–H groups in total. The largest absolute Gasteiger partial charge is 0.486 e. The molecule has 0 spiro atoms. The summed E-state index contributed by atoms with van der Waals surface area (Å²) in [7, 11) is 0. The quantitative estimate of drug-likeness (QED) is 0.827. The normalized spacial score (nSPS) is 24.2. The van der Waals surface area contributed by atoms with E-state index in [1.165, 1.54) is 19.3 Å². The summed E-state index contributed by atoms with van der Waals surface area (Å²) in [5, 5.41) is 0. The van der Waals surface area contributed by atoms with Gasteiger partial charge in [0.25, 0.3) is 5.91 Å². The van der Waals surface area contributed by atoms with E-state index in [2.05, 4.69) is 4.90 Å². The highest BCUT2D eigenvalue weighted by Gasteiger charge is 2.28. The second kappa shape index (κ2) is 8.27. The lowest BCUT2D eigenvalue weighted by Crippen LogP contribution is -2.44. The minimum Gasteiger partial charge on any atom is -0.486 e. The average molecular weight is 360 g/mol. The van der Waals surface area contributed by atoms with Crippen molar-refractivity contribution in [3.8, 4) is 11.5 Å². The maximum absolute atomic E-state index is 13.2.